The molecule has 5 nitrogen and oxygen atoms in total. The van der Waals surface area contributed by atoms with E-state index in [1.165, 1.54) is 36.4 Å². The molecule has 8 heteroatoms. The highest BCUT2D eigenvalue weighted by molar-refractivity contribution is 6.10. The molecular weight excluding hydrogens is 417 g/mol. The molecule has 3 N–H and O–H groups in total. The van der Waals surface area contributed by atoms with E-state index in [-0.39, 0.29) is 28.5 Å². The van der Waals surface area contributed by atoms with Crippen LogP contribution in [0.2, 0.25) is 0 Å². The van der Waals surface area contributed by atoms with Crippen LogP contribution in [0.3, 0.4) is 0 Å². The zero-order valence-corrected chi connectivity index (χ0v) is 16.6. The summed E-state index contributed by atoms with van der Waals surface area (Å²) in [6.07, 6.45) is -4.56. The smallest absolute Gasteiger partial charge is 0.417 e. The van der Waals surface area contributed by atoms with E-state index in [2.05, 4.69) is 15.1 Å². The van der Waals surface area contributed by atoms with Gasteiger partial charge >= 0.3 is 6.18 Å². The number of aromatic nitrogens is 2. The summed E-state index contributed by atoms with van der Waals surface area (Å²) in [5.74, 6) is 5.72. The highest BCUT2D eigenvalue weighted by Crippen LogP contribution is 2.37. The molecule has 0 fully saturated rings. The van der Waals surface area contributed by atoms with Crippen molar-refractivity contribution in [3.05, 3.63) is 102 Å². The van der Waals surface area contributed by atoms with Gasteiger partial charge in [-0.15, -0.1) is 0 Å². The monoisotopic (exact) mass is 434 g/mol. The Hall–Kier alpha value is -4.20. The van der Waals surface area contributed by atoms with Crippen LogP contribution in [0.25, 0.3) is 22.5 Å². The summed E-state index contributed by atoms with van der Waals surface area (Å²) < 4.78 is 41.0. The molecule has 0 saturated carbocycles. The van der Waals surface area contributed by atoms with E-state index >= 15 is 0 Å². The molecule has 160 valence electrons. The summed E-state index contributed by atoms with van der Waals surface area (Å²) in [6, 6.07) is 21.8. The summed E-state index contributed by atoms with van der Waals surface area (Å²) in [4.78, 5) is 8.91. The number of halogens is 3. The van der Waals surface area contributed by atoms with Crippen molar-refractivity contribution in [2.24, 2.45) is 10.9 Å². The zero-order valence-electron chi connectivity index (χ0n) is 16.6. The van der Waals surface area contributed by atoms with Crippen LogP contribution >= 0.6 is 0 Å². The average molecular weight is 434 g/mol. The van der Waals surface area contributed by atoms with E-state index in [0.29, 0.717) is 16.8 Å². The van der Waals surface area contributed by atoms with E-state index < -0.39 is 11.7 Å². The van der Waals surface area contributed by atoms with Crippen LogP contribution in [0.1, 0.15) is 17.0 Å². The molecule has 0 saturated heterocycles. The molecule has 0 atom stereocenters. The number of hydrogen-bond donors (Lipinski definition) is 2. The van der Waals surface area contributed by atoms with Crippen LogP contribution in [0, 0.1) is 0 Å². The largest absolute Gasteiger partial charge is 0.508 e. The van der Waals surface area contributed by atoms with Gasteiger partial charge in [-0.2, -0.15) is 18.3 Å². The SMILES string of the molecule is NN=C(c1ccc(O)cc1)c1nc(-c2ccccc2)cc(-c2ccccc2C(F)(F)F)n1. The maximum Gasteiger partial charge on any atom is 0.417 e. The van der Waals surface area contributed by atoms with E-state index in [0.717, 1.165) is 6.07 Å². The molecule has 1 heterocycles. The number of nitrogens with two attached hydrogens (primary N) is 1. The minimum Gasteiger partial charge on any atom is -0.508 e. The molecule has 4 rings (SSSR count). The standard InChI is InChI=1S/C24H17F3N4O/c25-24(26,27)19-9-5-4-8-18(19)21-14-20(15-6-2-1-3-7-15)29-23(30-21)22(31-28)16-10-12-17(32)13-11-16/h1-14,32H,28H2. The van der Waals surface area contributed by atoms with Crippen LogP contribution in [-0.4, -0.2) is 20.8 Å². The van der Waals surface area contributed by atoms with Crippen molar-refractivity contribution in [1.82, 2.24) is 9.97 Å². The fraction of sp³-hybridized carbons (Fsp3) is 0.0417. The highest BCUT2D eigenvalue weighted by Gasteiger charge is 2.34. The van der Waals surface area contributed by atoms with Crippen molar-refractivity contribution in [2.75, 3.05) is 0 Å². The van der Waals surface area contributed by atoms with E-state index in [1.54, 1.807) is 36.4 Å². The minimum absolute atomic E-state index is 0.0452. The van der Waals surface area contributed by atoms with Crippen molar-refractivity contribution < 1.29 is 18.3 Å². The first-order valence-electron chi connectivity index (χ1n) is 9.55. The Morgan fingerprint density at radius 1 is 0.812 bits per heavy atom. The number of benzene rings is 3. The van der Waals surface area contributed by atoms with Crippen LogP contribution in [-0.2, 0) is 6.18 Å². The molecule has 0 amide bonds. The van der Waals surface area contributed by atoms with Gasteiger partial charge in [-0.1, -0.05) is 48.5 Å². The maximum atomic E-state index is 13.7. The Labute approximate surface area is 181 Å². The minimum atomic E-state index is -4.56. The Balaban J connectivity index is 1.96. The van der Waals surface area contributed by atoms with Crippen molar-refractivity contribution in [3.63, 3.8) is 0 Å². The molecule has 3 aromatic carbocycles. The van der Waals surface area contributed by atoms with E-state index in [1.807, 2.05) is 6.07 Å². The van der Waals surface area contributed by atoms with Crippen LogP contribution in [0.4, 0.5) is 13.2 Å². The lowest BCUT2D eigenvalue weighted by Gasteiger charge is -2.14. The number of hydrazone groups is 1. The highest BCUT2D eigenvalue weighted by atomic mass is 19.4. The maximum absolute atomic E-state index is 13.7. The fourth-order valence-electron chi connectivity index (χ4n) is 3.28. The first-order valence-corrected chi connectivity index (χ1v) is 9.55. The Kier molecular flexibility index (Phi) is 5.59. The van der Waals surface area contributed by atoms with E-state index in [9.17, 15) is 18.3 Å². The van der Waals surface area contributed by atoms with Crippen molar-refractivity contribution in [3.8, 4) is 28.3 Å². The lowest BCUT2D eigenvalue weighted by Crippen LogP contribution is -2.13. The number of phenolic OH excluding ortho intramolecular Hbond substituents is 1. The third-order valence-corrected chi connectivity index (χ3v) is 4.79. The summed E-state index contributed by atoms with van der Waals surface area (Å²) in [5.41, 5.74) is 0.995. The Morgan fingerprint density at radius 3 is 2.09 bits per heavy atom. The molecule has 0 radical (unpaired) electrons. The number of phenols is 1. The van der Waals surface area contributed by atoms with Gasteiger partial charge in [0, 0.05) is 16.7 Å². The first-order chi connectivity index (χ1) is 15.4. The first kappa shape index (κ1) is 21.0. The van der Waals surface area contributed by atoms with E-state index in [4.69, 9.17) is 5.84 Å². The molecule has 32 heavy (non-hydrogen) atoms. The van der Waals surface area contributed by atoms with Gasteiger partial charge in [-0.25, -0.2) is 9.97 Å². The second kappa shape index (κ2) is 8.50. The molecular formula is C24H17F3N4O. The Bertz CT molecular complexity index is 1270. The predicted octanol–water partition coefficient (Wildman–Crippen LogP) is 5.25. The van der Waals surface area contributed by atoms with Gasteiger partial charge in [-0.05, 0) is 36.4 Å². The molecule has 0 aliphatic heterocycles. The van der Waals surface area contributed by atoms with Gasteiger partial charge in [0.1, 0.15) is 11.5 Å². The van der Waals surface area contributed by atoms with Gasteiger partial charge in [0.05, 0.1) is 17.0 Å². The normalized spacial score (nSPS) is 12.0. The number of hydrogen-bond acceptors (Lipinski definition) is 5. The number of rotatable bonds is 4. The summed E-state index contributed by atoms with van der Waals surface area (Å²) in [7, 11) is 0. The summed E-state index contributed by atoms with van der Waals surface area (Å²) >= 11 is 0. The zero-order chi connectivity index (χ0) is 22.7. The van der Waals surface area contributed by atoms with Crippen LogP contribution in [0.15, 0.2) is 90.0 Å². The predicted molar refractivity (Wildman–Crippen MR) is 116 cm³/mol. The van der Waals surface area contributed by atoms with Crippen LogP contribution < -0.4 is 5.84 Å². The fourth-order valence-corrected chi connectivity index (χ4v) is 3.28. The number of alkyl halides is 3. The number of aromatic hydroxyl groups is 1. The molecule has 0 bridgehead atoms. The molecule has 0 aliphatic carbocycles. The topological polar surface area (TPSA) is 84.4 Å². The van der Waals surface area contributed by atoms with Crippen molar-refractivity contribution in [1.29, 1.82) is 0 Å². The quantitative estimate of drug-likeness (QED) is 0.261. The lowest BCUT2D eigenvalue weighted by atomic mass is 10.0. The lowest BCUT2D eigenvalue weighted by molar-refractivity contribution is -0.137. The molecule has 0 unspecified atom stereocenters. The molecule has 0 aliphatic rings. The van der Waals surface area contributed by atoms with Gasteiger partial charge in [-0.3, -0.25) is 0 Å². The van der Waals surface area contributed by atoms with Gasteiger partial charge in [0.2, 0.25) is 0 Å². The third-order valence-electron chi connectivity index (χ3n) is 4.79. The van der Waals surface area contributed by atoms with Gasteiger partial charge in [0.25, 0.3) is 0 Å². The van der Waals surface area contributed by atoms with Crippen molar-refractivity contribution >= 4 is 5.71 Å². The Morgan fingerprint density at radius 2 is 1.44 bits per heavy atom. The average Bonchev–Trinajstić information content (AvgIpc) is 2.81. The molecule has 1 aromatic heterocycles. The second-order valence-electron chi connectivity index (χ2n) is 6.90. The third kappa shape index (κ3) is 4.29. The number of nitrogens with zero attached hydrogens (tertiary/aromatic N) is 3. The van der Waals surface area contributed by atoms with Gasteiger partial charge < -0.3 is 10.9 Å². The second-order valence-corrected chi connectivity index (χ2v) is 6.90. The van der Waals surface area contributed by atoms with Gasteiger partial charge in [0.15, 0.2) is 5.82 Å². The van der Waals surface area contributed by atoms with Crippen LogP contribution in [0.5, 0.6) is 5.75 Å². The summed E-state index contributed by atoms with van der Waals surface area (Å²) in [5, 5.41) is 13.4. The van der Waals surface area contributed by atoms with Crippen molar-refractivity contribution in [2.45, 2.75) is 6.18 Å². The molecule has 0 spiro atoms. The summed E-state index contributed by atoms with van der Waals surface area (Å²) in [6.45, 7) is 0. The molecule has 4 aromatic rings.